The second-order valence-electron chi connectivity index (χ2n) is 3.75. The summed E-state index contributed by atoms with van der Waals surface area (Å²) in [5.41, 5.74) is 6.35. The third-order valence-corrected chi connectivity index (χ3v) is 2.61. The van der Waals surface area contributed by atoms with Crippen molar-refractivity contribution in [2.75, 3.05) is 18.0 Å². The van der Waals surface area contributed by atoms with Crippen LogP contribution in [0.2, 0.25) is 0 Å². The zero-order valence-electron chi connectivity index (χ0n) is 8.13. The first-order valence-corrected chi connectivity index (χ1v) is 4.91. The van der Waals surface area contributed by atoms with Crippen LogP contribution in [0, 0.1) is 0 Å². The van der Waals surface area contributed by atoms with Crippen molar-refractivity contribution in [1.82, 2.24) is 15.1 Å². The first kappa shape index (κ1) is 8.60. The van der Waals surface area contributed by atoms with Crippen molar-refractivity contribution in [3.8, 4) is 0 Å². The van der Waals surface area contributed by atoms with E-state index in [-0.39, 0.29) is 6.04 Å². The third kappa shape index (κ3) is 1.42. The molecule has 15 heavy (non-hydrogen) atoms. The Hall–Kier alpha value is -1.69. The van der Waals surface area contributed by atoms with Crippen molar-refractivity contribution in [3.63, 3.8) is 0 Å². The van der Waals surface area contributed by atoms with Crippen molar-refractivity contribution in [2.45, 2.75) is 12.5 Å². The lowest BCUT2D eigenvalue weighted by atomic mass is 10.3. The normalized spacial score (nSPS) is 21.4. The van der Waals surface area contributed by atoms with Gasteiger partial charge in [-0.2, -0.15) is 4.98 Å². The Balaban J connectivity index is 1.97. The van der Waals surface area contributed by atoms with E-state index in [1.54, 1.807) is 12.4 Å². The Morgan fingerprint density at radius 2 is 2.40 bits per heavy atom. The minimum absolute atomic E-state index is 0.221. The van der Waals surface area contributed by atoms with Crippen LogP contribution >= 0.6 is 0 Å². The molecule has 1 aliphatic rings. The highest BCUT2D eigenvalue weighted by molar-refractivity contribution is 5.71. The Kier molecular flexibility index (Phi) is 1.81. The second kappa shape index (κ2) is 3.16. The number of fused-ring (bicyclic) bond motifs is 1. The maximum Gasteiger partial charge on any atom is 0.262 e. The van der Waals surface area contributed by atoms with Crippen LogP contribution in [0.5, 0.6) is 0 Å². The van der Waals surface area contributed by atoms with E-state index < -0.39 is 0 Å². The quantitative estimate of drug-likeness (QED) is 0.714. The average molecular weight is 205 g/mol. The lowest BCUT2D eigenvalue weighted by Gasteiger charge is -2.14. The first-order chi connectivity index (χ1) is 7.33. The molecule has 3 rings (SSSR count). The third-order valence-electron chi connectivity index (χ3n) is 2.61. The predicted octanol–water partition coefficient (Wildman–Crippen LogP) is 0.155. The van der Waals surface area contributed by atoms with Gasteiger partial charge in [0.2, 0.25) is 5.95 Å². The molecule has 1 unspecified atom stereocenters. The Bertz CT molecular complexity index is 482. The molecule has 1 fully saturated rings. The molecule has 0 spiro atoms. The van der Waals surface area contributed by atoms with E-state index in [0.717, 1.165) is 24.9 Å². The number of aromatic nitrogens is 3. The van der Waals surface area contributed by atoms with Crippen molar-refractivity contribution in [2.24, 2.45) is 5.73 Å². The summed E-state index contributed by atoms with van der Waals surface area (Å²) >= 11 is 0. The van der Waals surface area contributed by atoms with Gasteiger partial charge in [0.25, 0.3) is 5.71 Å². The molecule has 0 amide bonds. The van der Waals surface area contributed by atoms with Gasteiger partial charge in [-0.25, -0.2) is 4.98 Å². The van der Waals surface area contributed by atoms with Gasteiger partial charge in [0.1, 0.15) is 0 Å². The van der Waals surface area contributed by atoms with Gasteiger partial charge in [-0.15, -0.1) is 0 Å². The molecule has 0 bridgehead atoms. The highest BCUT2D eigenvalue weighted by atomic mass is 16.5. The molecule has 2 aromatic heterocycles. The van der Waals surface area contributed by atoms with Gasteiger partial charge in [-0.05, 0) is 6.42 Å². The van der Waals surface area contributed by atoms with E-state index in [0.29, 0.717) is 11.7 Å². The largest absolute Gasteiger partial charge is 0.339 e. The van der Waals surface area contributed by atoms with E-state index >= 15 is 0 Å². The Labute approximate surface area is 86.1 Å². The summed E-state index contributed by atoms with van der Waals surface area (Å²) in [6.07, 6.45) is 4.31. The second-order valence-corrected chi connectivity index (χ2v) is 3.75. The van der Waals surface area contributed by atoms with Crippen molar-refractivity contribution >= 4 is 17.0 Å². The summed E-state index contributed by atoms with van der Waals surface area (Å²) in [6.45, 7) is 1.71. The Morgan fingerprint density at radius 3 is 3.20 bits per heavy atom. The van der Waals surface area contributed by atoms with Crippen molar-refractivity contribution in [3.05, 3.63) is 12.4 Å². The molecule has 78 valence electrons. The van der Waals surface area contributed by atoms with Crippen molar-refractivity contribution < 1.29 is 4.52 Å². The number of nitrogens with two attached hydrogens (primary N) is 1. The maximum absolute atomic E-state index is 5.82. The van der Waals surface area contributed by atoms with E-state index in [1.807, 2.05) is 0 Å². The average Bonchev–Trinajstić information content (AvgIpc) is 2.84. The SMILES string of the molecule is NC1CCN(c2ncc3cnoc3n2)C1. The summed E-state index contributed by atoms with van der Waals surface area (Å²) in [6, 6.07) is 0.221. The number of rotatable bonds is 1. The van der Waals surface area contributed by atoms with E-state index in [1.165, 1.54) is 0 Å². The highest BCUT2D eigenvalue weighted by Gasteiger charge is 2.21. The van der Waals surface area contributed by atoms with Gasteiger partial charge < -0.3 is 15.2 Å². The van der Waals surface area contributed by atoms with Gasteiger partial charge in [-0.1, -0.05) is 5.16 Å². The molecule has 1 saturated heterocycles. The van der Waals surface area contributed by atoms with Crippen LogP contribution in [0.15, 0.2) is 16.9 Å². The minimum Gasteiger partial charge on any atom is -0.339 e. The molecule has 6 heteroatoms. The van der Waals surface area contributed by atoms with Gasteiger partial charge >= 0.3 is 0 Å². The smallest absolute Gasteiger partial charge is 0.262 e. The topological polar surface area (TPSA) is 81.1 Å². The molecular formula is C9H11N5O. The molecule has 0 aromatic carbocycles. The summed E-state index contributed by atoms with van der Waals surface area (Å²) < 4.78 is 4.99. The fraction of sp³-hybridized carbons (Fsp3) is 0.444. The number of hydrogen-bond donors (Lipinski definition) is 1. The molecular weight excluding hydrogens is 194 g/mol. The van der Waals surface area contributed by atoms with Gasteiger partial charge in [-0.3, -0.25) is 0 Å². The molecule has 2 aromatic rings. The zero-order valence-corrected chi connectivity index (χ0v) is 8.13. The van der Waals surface area contributed by atoms with E-state index in [9.17, 15) is 0 Å². The fourth-order valence-corrected chi connectivity index (χ4v) is 1.78. The predicted molar refractivity (Wildman–Crippen MR) is 54.4 cm³/mol. The number of anilines is 1. The lowest BCUT2D eigenvalue weighted by Crippen LogP contribution is -2.27. The van der Waals surface area contributed by atoms with Crippen LogP contribution in [0.25, 0.3) is 11.1 Å². The fourth-order valence-electron chi connectivity index (χ4n) is 1.78. The summed E-state index contributed by atoms with van der Waals surface area (Å²) in [4.78, 5) is 10.6. The number of nitrogens with zero attached hydrogens (tertiary/aromatic N) is 4. The molecule has 0 radical (unpaired) electrons. The van der Waals surface area contributed by atoms with Crippen LogP contribution < -0.4 is 10.6 Å². The Morgan fingerprint density at radius 1 is 1.47 bits per heavy atom. The summed E-state index contributed by atoms with van der Waals surface area (Å²) in [5.74, 6) is 0.673. The standard InChI is InChI=1S/C9H11N5O/c10-7-1-2-14(5-7)9-11-3-6-4-12-15-8(6)13-9/h3-4,7H,1-2,5,10H2. The van der Waals surface area contributed by atoms with Crippen LogP contribution in [0.4, 0.5) is 5.95 Å². The molecule has 1 atom stereocenters. The van der Waals surface area contributed by atoms with Gasteiger partial charge in [0.05, 0.1) is 11.6 Å². The summed E-state index contributed by atoms with van der Waals surface area (Å²) in [7, 11) is 0. The molecule has 6 nitrogen and oxygen atoms in total. The van der Waals surface area contributed by atoms with Crippen LogP contribution in [0.3, 0.4) is 0 Å². The molecule has 3 heterocycles. The minimum atomic E-state index is 0.221. The van der Waals surface area contributed by atoms with E-state index in [4.69, 9.17) is 10.3 Å². The van der Waals surface area contributed by atoms with Gasteiger partial charge in [0, 0.05) is 25.3 Å². The molecule has 0 aliphatic carbocycles. The molecule has 2 N–H and O–H groups in total. The van der Waals surface area contributed by atoms with Crippen LogP contribution in [0.1, 0.15) is 6.42 Å². The maximum atomic E-state index is 5.82. The molecule has 0 saturated carbocycles. The molecule has 1 aliphatic heterocycles. The highest BCUT2D eigenvalue weighted by Crippen LogP contribution is 2.17. The van der Waals surface area contributed by atoms with Gasteiger partial charge in [0.15, 0.2) is 0 Å². The summed E-state index contributed by atoms with van der Waals surface area (Å²) in [5, 5.41) is 4.48. The van der Waals surface area contributed by atoms with Crippen molar-refractivity contribution in [1.29, 1.82) is 0 Å². The lowest BCUT2D eigenvalue weighted by molar-refractivity contribution is 0.448. The number of hydrogen-bond acceptors (Lipinski definition) is 6. The monoisotopic (exact) mass is 205 g/mol. The van der Waals surface area contributed by atoms with E-state index in [2.05, 4.69) is 20.0 Å². The van der Waals surface area contributed by atoms with Crippen LogP contribution in [-0.2, 0) is 0 Å². The zero-order chi connectivity index (χ0) is 10.3. The van der Waals surface area contributed by atoms with Crippen LogP contribution in [-0.4, -0.2) is 34.3 Å². The first-order valence-electron chi connectivity index (χ1n) is 4.91.